The Morgan fingerprint density at radius 3 is 2.95 bits per heavy atom. The highest BCUT2D eigenvalue weighted by atomic mass is 16.5. The van der Waals surface area contributed by atoms with Crippen LogP contribution in [0, 0.1) is 6.92 Å². The third-order valence-electron chi connectivity index (χ3n) is 4.92. The zero-order valence-corrected chi connectivity index (χ0v) is 12.9. The van der Waals surface area contributed by atoms with Crippen molar-refractivity contribution in [2.45, 2.75) is 57.6 Å². The summed E-state index contributed by atoms with van der Waals surface area (Å²) in [4.78, 5) is 18.5. The molecule has 1 atom stereocenters. The molecule has 0 unspecified atom stereocenters. The number of hydrogen-bond donors (Lipinski definition) is 0. The van der Waals surface area contributed by atoms with Crippen molar-refractivity contribution < 1.29 is 9.53 Å². The summed E-state index contributed by atoms with van der Waals surface area (Å²) >= 11 is 0. The van der Waals surface area contributed by atoms with Crippen LogP contribution >= 0.6 is 0 Å². The van der Waals surface area contributed by atoms with Crippen molar-refractivity contribution in [3.63, 3.8) is 0 Å². The Morgan fingerprint density at radius 1 is 1.33 bits per heavy atom. The molecule has 1 amide bonds. The Hall–Kier alpha value is -1.36. The van der Waals surface area contributed by atoms with Crippen molar-refractivity contribution in [2.75, 3.05) is 19.7 Å². The molecular weight excluding hydrogens is 266 g/mol. The highest BCUT2D eigenvalue weighted by molar-refractivity contribution is 5.76. The fourth-order valence-corrected chi connectivity index (χ4v) is 3.54. The number of aromatic nitrogens is 2. The molecule has 1 aromatic rings. The third kappa shape index (κ3) is 3.28. The summed E-state index contributed by atoms with van der Waals surface area (Å²) in [6.45, 7) is 5.50. The molecule has 0 aliphatic carbocycles. The number of amides is 1. The summed E-state index contributed by atoms with van der Waals surface area (Å²) in [6, 6.07) is 0. The van der Waals surface area contributed by atoms with E-state index in [0.717, 1.165) is 64.2 Å². The maximum Gasteiger partial charge on any atom is 0.222 e. The van der Waals surface area contributed by atoms with Crippen LogP contribution in [0.2, 0.25) is 0 Å². The molecule has 21 heavy (non-hydrogen) atoms. The summed E-state index contributed by atoms with van der Waals surface area (Å²) in [5.41, 5.74) is 0.00530. The second-order valence-corrected chi connectivity index (χ2v) is 6.29. The maximum atomic E-state index is 12.3. The highest BCUT2D eigenvalue weighted by Gasteiger charge is 2.38. The van der Waals surface area contributed by atoms with E-state index in [1.54, 1.807) is 0 Å². The predicted molar refractivity (Wildman–Crippen MR) is 79.9 cm³/mol. The van der Waals surface area contributed by atoms with Crippen LogP contribution in [0.4, 0.5) is 0 Å². The second kappa shape index (κ2) is 6.18. The first-order valence-corrected chi connectivity index (χ1v) is 8.08. The smallest absolute Gasteiger partial charge is 0.222 e. The lowest BCUT2D eigenvalue weighted by atomic mass is 9.92. The standard InChI is InChI=1S/C16H25N3O2/c1-14-17-8-12-18(14)9-3-10-19-11-7-16(5-2-13-21-16)6-4-15(19)20/h8,12H,2-7,9-11,13H2,1H3/t16-/m0/s1. The molecule has 1 aromatic heterocycles. The fourth-order valence-electron chi connectivity index (χ4n) is 3.54. The molecule has 0 N–H and O–H groups in total. The third-order valence-corrected chi connectivity index (χ3v) is 4.92. The summed E-state index contributed by atoms with van der Waals surface area (Å²) in [5, 5.41) is 0. The van der Waals surface area contributed by atoms with Crippen LogP contribution in [-0.2, 0) is 16.1 Å². The number of likely N-dealkylation sites (tertiary alicyclic amines) is 1. The summed E-state index contributed by atoms with van der Waals surface area (Å²) in [6.07, 6.45) is 9.64. The number of imidazole rings is 1. The molecule has 0 bridgehead atoms. The Morgan fingerprint density at radius 2 is 2.24 bits per heavy atom. The van der Waals surface area contributed by atoms with E-state index < -0.39 is 0 Å². The van der Waals surface area contributed by atoms with E-state index in [9.17, 15) is 4.79 Å². The molecule has 2 aliphatic heterocycles. The SMILES string of the molecule is Cc1nccn1CCCN1CC[C@]2(CCCO2)CCC1=O. The minimum absolute atomic E-state index is 0.00530. The second-order valence-electron chi connectivity index (χ2n) is 6.29. The number of carbonyl (C=O) groups excluding carboxylic acids is 1. The van der Waals surface area contributed by atoms with Crippen LogP contribution in [-0.4, -0.2) is 45.7 Å². The summed E-state index contributed by atoms with van der Waals surface area (Å²) in [7, 11) is 0. The van der Waals surface area contributed by atoms with Gasteiger partial charge in [0.25, 0.3) is 0 Å². The number of ether oxygens (including phenoxy) is 1. The molecule has 2 aliphatic rings. The van der Waals surface area contributed by atoms with Gasteiger partial charge in [0.1, 0.15) is 5.82 Å². The zero-order chi connectivity index (χ0) is 14.7. The zero-order valence-electron chi connectivity index (χ0n) is 12.9. The van der Waals surface area contributed by atoms with E-state index in [1.165, 1.54) is 0 Å². The molecular formula is C16H25N3O2. The first kappa shape index (κ1) is 14.6. The van der Waals surface area contributed by atoms with Crippen LogP contribution < -0.4 is 0 Å². The predicted octanol–water partition coefficient (Wildman–Crippen LogP) is 2.14. The molecule has 0 saturated carbocycles. The van der Waals surface area contributed by atoms with Gasteiger partial charge in [0, 0.05) is 45.1 Å². The van der Waals surface area contributed by atoms with Gasteiger partial charge in [0.2, 0.25) is 5.91 Å². The molecule has 3 rings (SSSR count). The monoisotopic (exact) mass is 291 g/mol. The Kier molecular flexibility index (Phi) is 4.29. The van der Waals surface area contributed by atoms with Crippen LogP contribution in [0.3, 0.4) is 0 Å². The van der Waals surface area contributed by atoms with Gasteiger partial charge in [0.05, 0.1) is 5.60 Å². The van der Waals surface area contributed by atoms with Gasteiger partial charge >= 0.3 is 0 Å². The number of rotatable bonds is 4. The van der Waals surface area contributed by atoms with Crippen LogP contribution in [0.25, 0.3) is 0 Å². The van der Waals surface area contributed by atoms with Gasteiger partial charge in [-0.2, -0.15) is 0 Å². The number of aryl methyl sites for hydroxylation is 2. The lowest BCUT2D eigenvalue weighted by Crippen LogP contribution is -2.33. The molecule has 5 heteroatoms. The minimum Gasteiger partial charge on any atom is -0.375 e. The van der Waals surface area contributed by atoms with Gasteiger partial charge in [-0.25, -0.2) is 4.98 Å². The van der Waals surface area contributed by atoms with E-state index in [1.807, 2.05) is 24.2 Å². The molecule has 1 spiro atoms. The van der Waals surface area contributed by atoms with Crippen LogP contribution in [0.5, 0.6) is 0 Å². The highest BCUT2D eigenvalue weighted by Crippen LogP contribution is 2.35. The molecule has 0 aromatic carbocycles. The average Bonchev–Trinajstić information content (AvgIpc) is 3.06. The van der Waals surface area contributed by atoms with Gasteiger partial charge in [-0.3, -0.25) is 4.79 Å². The lowest BCUT2D eigenvalue weighted by Gasteiger charge is -2.26. The van der Waals surface area contributed by atoms with Crippen LogP contribution in [0.15, 0.2) is 12.4 Å². The Labute approximate surface area is 126 Å². The topological polar surface area (TPSA) is 47.4 Å². The van der Waals surface area contributed by atoms with Crippen LogP contribution in [0.1, 0.15) is 44.3 Å². The molecule has 116 valence electrons. The average molecular weight is 291 g/mol. The summed E-state index contributed by atoms with van der Waals surface area (Å²) < 4.78 is 8.09. The van der Waals surface area contributed by atoms with E-state index >= 15 is 0 Å². The van der Waals surface area contributed by atoms with Crippen molar-refractivity contribution in [2.24, 2.45) is 0 Å². The molecule has 3 heterocycles. The van der Waals surface area contributed by atoms with Crippen molar-refractivity contribution in [1.29, 1.82) is 0 Å². The lowest BCUT2D eigenvalue weighted by molar-refractivity contribution is -0.130. The minimum atomic E-state index is 0.00530. The first-order valence-electron chi connectivity index (χ1n) is 8.08. The Bertz CT molecular complexity index is 491. The van der Waals surface area contributed by atoms with Gasteiger partial charge < -0.3 is 14.2 Å². The van der Waals surface area contributed by atoms with Crippen molar-refractivity contribution in [3.8, 4) is 0 Å². The quantitative estimate of drug-likeness (QED) is 0.854. The van der Waals surface area contributed by atoms with E-state index in [0.29, 0.717) is 12.3 Å². The van der Waals surface area contributed by atoms with Crippen molar-refractivity contribution in [1.82, 2.24) is 14.5 Å². The van der Waals surface area contributed by atoms with Gasteiger partial charge in [-0.15, -0.1) is 0 Å². The molecule has 0 radical (unpaired) electrons. The Balaban J connectivity index is 1.51. The number of carbonyl (C=O) groups is 1. The number of nitrogens with zero attached hydrogens (tertiary/aromatic N) is 3. The molecule has 2 fully saturated rings. The van der Waals surface area contributed by atoms with E-state index in [4.69, 9.17) is 4.74 Å². The first-order chi connectivity index (χ1) is 10.2. The van der Waals surface area contributed by atoms with E-state index in [2.05, 4.69) is 9.55 Å². The van der Waals surface area contributed by atoms with Gasteiger partial charge in [-0.1, -0.05) is 0 Å². The molecule has 5 nitrogen and oxygen atoms in total. The fraction of sp³-hybridized carbons (Fsp3) is 0.750. The van der Waals surface area contributed by atoms with Crippen molar-refractivity contribution >= 4 is 5.91 Å². The largest absolute Gasteiger partial charge is 0.375 e. The summed E-state index contributed by atoms with van der Waals surface area (Å²) in [5.74, 6) is 1.33. The van der Waals surface area contributed by atoms with Gasteiger partial charge in [-0.05, 0) is 39.0 Å². The maximum absolute atomic E-state index is 12.3. The van der Waals surface area contributed by atoms with Crippen molar-refractivity contribution in [3.05, 3.63) is 18.2 Å². The number of hydrogen-bond acceptors (Lipinski definition) is 3. The van der Waals surface area contributed by atoms with Gasteiger partial charge in [0.15, 0.2) is 0 Å². The molecule has 2 saturated heterocycles. The van der Waals surface area contributed by atoms with E-state index in [-0.39, 0.29) is 5.60 Å². The normalized spacial score (nSPS) is 26.5.